The van der Waals surface area contributed by atoms with Crippen LogP contribution in [0, 0.1) is 19.8 Å². The molecule has 0 heterocycles. The molecule has 63 heavy (non-hydrogen) atoms. The van der Waals surface area contributed by atoms with Crippen LogP contribution in [0.2, 0.25) is 19.1 Å². The highest BCUT2D eigenvalue weighted by Gasteiger charge is 2.09. The summed E-state index contributed by atoms with van der Waals surface area (Å²) in [7, 11) is 2.90. The van der Waals surface area contributed by atoms with Crippen LogP contribution in [0.25, 0.3) is 0 Å². The second kappa shape index (κ2) is 40.4. The second-order valence-electron chi connectivity index (χ2n) is 16.7. The Kier molecular flexibility index (Phi) is 40.3. The summed E-state index contributed by atoms with van der Waals surface area (Å²) < 4.78 is 9.73. The van der Waals surface area contributed by atoms with Crippen molar-refractivity contribution in [1.29, 1.82) is 0 Å². The molecule has 0 saturated heterocycles. The summed E-state index contributed by atoms with van der Waals surface area (Å²) in [5, 5.41) is 11.0. The van der Waals surface area contributed by atoms with Crippen molar-refractivity contribution in [1.82, 2.24) is 4.90 Å². The van der Waals surface area contributed by atoms with Crippen molar-refractivity contribution < 1.29 is 33.4 Å². The molecule has 0 saturated carbocycles. The van der Waals surface area contributed by atoms with E-state index in [1.165, 1.54) is 58.1 Å². The van der Waals surface area contributed by atoms with Crippen LogP contribution in [0.5, 0.6) is 0 Å². The first-order valence-corrected chi connectivity index (χ1v) is 26.4. The SMILES string of the molecule is C.CC(C)CCC[SiH](C)C.CCCC(=O)Nc1cc(NC(=O)OC)ccc1C.CCCCCCCCCOC(=O)Nc1ccc(C)c(NC(=O)CCC)c1.CCCCN(C)C(C)=O. The van der Waals surface area contributed by atoms with Crippen LogP contribution in [0.15, 0.2) is 36.4 Å². The van der Waals surface area contributed by atoms with E-state index in [-0.39, 0.29) is 33.9 Å². The number of carbonyl (C=O) groups is 5. The number of nitrogens with one attached hydrogen (secondary N) is 4. The molecule has 362 valence electrons. The van der Waals surface area contributed by atoms with Gasteiger partial charge < -0.3 is 25.0 Å². The van der Waals surface area contributed by atoms with Crippen LogP contribution in [0.3, 0.4) is 0 Å². The fraction of sp³-hybridized carbons (Fsp3) is 0.660. The standard InChI is InChI=1S/C21H34N2O3.C13H18N2O3.C8H20Si.C7H15NO.CH4/c1-4-6-7-8-9-10-11-15-26-21(25)22-18-14-13-17(3)19(16-18)23-20(24)12-5-2;1-4-5-12(16)15-11-8-10(7-6-9(11)2)14-13(17)18-3;1-8(2)6-5-7-9(3)4;1-4-5-6-8(3)7(2)9;/h13-14,16H,4-12,15H2,1-3H3,(H,22,25)(H,23,24);6-8H,4-5H2,1-3H3,(H,14,17)(H,15,16);8-9H,5-7H2,1-4H3;4-6H2,1-3H3;1H4. The monoisotopic (exact) mass is 902 g/mol. The number of nitrogens with zero attached hydrogens (tertiary/aromatic N) is 1. The lowest BCUT2D eigenvalue weighted by molar-refractivity contribution is -0.127. The van der Waals surface area contributed by atoms with Crippen LogP contribution in [0.4, 0.5) is 32.3 Å². The first kappa shape index (κ1) is 62.9. The average molecular weight is 902 g/mol. The van der Waals surface area contributed by atoms with Gasteiger partial charge in [-0.3, -0.25) is 25.0 Å². The van der Waals surface area contributed by atoms with E-state index in [2.05, 4.69) is 66.8 Å². The number of rotatable bonds is 23. The number of benzene rings is 2. The Morgan fingerprint density at radius 1 is 0.651 bits per heavy atom. The van der Waals surface area contributed by atoms with E-state index in [9.17, 15) is 24.0 Å². The topological polar surface area (TPSA) is 155 Å². The van der Waals surface area contributed by atoms with E-state index in [4.69, 9.17) is 4.74 Å². The number of unbranched alkanes of at least 4 members (excludes halogenated alkanes) is 7. The number of carbonyl (C=O) groups excluding carboxylic acids is 5. The van der Waals surface area contributed by atoms with E-state index in [1.807, 2.05) is 46.9 Å². The zero-order chi connectivity index (χ0) is 47.3. The Hall–Kier alpha value is -4.39. The zero-order valence-electron chi connectivity index (χ0n) is 41.2. The first-order valence-electron chi connectivity index (χ1n) is 23.3. The number of methoxy groups -OCH3 is 1. The van der Waals surface area contributed by atoms with Gasteiger partial charge in [0.1, 0.15) is 0 Å². The molecule has 12 nitrogen and oxygen atoms in total. The van der Waals surface area contributed by atoms with Crippen molar-refractivity contribution in [2.24, 2.45) is 5.92 Å². The third-order valence-electron chi connectivity index (χ3n) is 9.58. The summed E-state index contributed by atoms with van der Waals surface area (Å²) in [6, 6.07) is 12.3. The fourth-order valence-corrected chi connectivity index (χ4v) is 6.63. The molecule has 0 aliphatic carbocycles. The highest BCUT2D eigenvalue weighted by atomic mass is 28.3. The Morgan fingerprint density at radius 2 is 1.11 bits per heavy atom. The molecule has 13 heteroatoms. The van der Waals surface area contributed by atoms with Crippen LogP contribution < -0.4 is 21.3 Å². The van der Waals surface area contributed by atoms with Gasteiger partial charge in [-0.1, -0.05) is 138 Å². The van der Waals surface area contributed by atoms with Crippen molar-refractivity contribution in [3.8, 4) is 0 Å². The van der Waals surface area contributed by atoms with Crippen molar-refractivity contribution in [3.63, 3.8) is 0 Å². The molecule has 0 atom stereocenters. The van der Waals surface area contributed by atoms with E-state index >= 15 is 0 Å². The minimum absolute atomic E-state index is 0. The third-order valence-corrected chi connectivity index (χ3v) is 11.1. The Balaban J connectivity index is -0.000000839. The lowest BCUT2D eigenvalue weighted by atomic mass is 10.1. The van der Waals surface area contributed by atoms with E-state index < -0.39 is 12.2 Å². The second-order valence-corrected chi connectivity index (χ2v) is 20.0. The number of aryl methyl sites for hydroxylation is 2. The molecule has 0 bridgehead atoms. The molecular formula is C50H91N5O7Si. The predicted molar refractivity (Wildman–Crippen MR) is 271 cm³/mol. The lowest BCUT2D eigenvalue weighted by Gasteiger charge is -2.12. The highest BCUT2D eigenvalue weighted by Crippen LogP contribution is 2.22. The summed E-state index contributed by atoms with van der Waals surface area (Å²) in [5.41, 5.74) is 4.51. The normalized spacial score (nSPS) is 10.0. The van der Waals surface area contributed by atoms with Crippen molar-refractivity contribution in [3.05, 3.63) is 47.5 Å². The van der Waals surface area contributed by atoms with Crippen molar-refractivity contribution >= 4 is 61.5 Å². The molecule has 0 aromatic heterocycles. The molecule has 0 radical (unpaired) electrons. The Morgan fingerprint density at radius 3 is 1.52 bits per heavy atom. The molecule has 0 fully saturated rings. The molecular weight excluding hydrogens is 811 g/mol. The van der Waals surface area contributed by atoms with Gasteiger partial charge >= 0.3 is 12.2 Å². The molecule has 4 N–H and O–H groups in total. The Labute approximate surface area is 385 Å². The predicted octanol–water partition coefficient (Wildman–Crippen LogP) is 13.8. The van der Waals surface area contributed by atoms with E-state index in [1.54, 1.807) is 36.1 Å². The number of anilines is 4. The number of amides is 5. The molecule has 0 unspecified atom stereocenters. The van der Waals surface area contributed by atoms with Crippen molar-refractivity contribution in [2.75, 3.05) is 48.6 Å². The quantitative estimate of drug-likeness (QED) is 0.0639. The molecule has 2 rings (SSSR count). The van der Waals surface area contributed by atoms with Crippen LogP contribution in [0.1, 0.15) is 163 Å². The lowest BCUT2D eigenvalue weighted by Crippen LogP contribution is -2.24. The van der Waals surface area contributed by atoms with Gasteiger partial charge in [0.05, 0.1) is 13.7 Å². The summed E-state index contributed by atoms with van der Waals surface area (Å²) in [6.45, 7) is 24.5. The van der Waals surface area contributed by atoms with Gasteiger partial charge in [0.25, 0.3) is 0 Å². The van der Waals surface area contributed by atoms with Gasteiger partial charge in [0.15, 0.2) is 0 Å². The first-order chi connectivity index (χ1) is 29.4. The van der Waals surface area contributed by atoms with Gasteiger partial charge in [-0.25, -0.2) is 9.59 Å². The van der Waals surface area contributed by atoms with E-state index in [0.29, 0.717) is 42.2 Å². The summed E-state index contributed by atoms with van der Waals surface area (Å²) >= 11 is 0. The number of hydrogen-bond acceptors (Lipinski definition) is 7. The minimum Gasteiger partial charge on any atom is -0.453 e. The summed E-state index contributed by atoms with van der Waals surface area (Å²) in [6.07, 6.45) is 15.0. The molecule has 0 spiro atoms. The van der Waals surface area contributed by atoms with Crippen LogP contribution in [-0.4, -0.2) is 70.9 Å². The maximum atomic E-state index is 11.9. The van der Waals surface area contributed by atoms with E-state index in [0.717, 1.165) is 62.1 Å². The van der Waals surface area contributed by atoms with Gasteiger partial charge in [0.2, 0.25) is 17.7 Å². The highest BCUT2D eigenvalue weighted by molar-refractivity contribution is 6.55. The zero-order valence-corrected chi connectivity index (χ0v) is 42.3. The van der Waals surface area contributed by atoms with Crippen LogP contribution in [-0.2, 0) is 23.9 Å². The average Bonchev–Trinajstić information content (AvgIpc) is 3.21. The molecule has 2 aromatic carbocycles. The van der Waals surface area contributed by atoms with Crippen LogP contribution >= 0.6 is 0 Å². The maximum Gasteiger partial charge on any atom is 0.411 e. The van der Waals surface area contributed by atoms with Gasteiger partial charge in [-0.05, 0) is 80.8 Å². The third kappa shape index (κ3) is 36.8. The summed E-state index contributed by atoms with van der Waals surface area (Å²) in [5.74, 6) is 1.02. The summed E-state index contributed by atoms with van der Waals surface area (Å²) in [4.78, 5) is 58.6. The number of ether oxygens (including phenoxy) is 2. The van der Waals surface area contributed by atoms with Crippen molar-refractivity contribution in [2.45, 2.75) is 185 Å². The molecule has 0 aliphatic rings. The van der Waals surface area contributed by atoms with Gasteiger partial charge in [-0.2, -0.15) is 0 Å². The van der Waals surface area contributed by atoms with Gasteiger partial charge in [0, 0.05) is 64.9 Å². The minimum atomic E-state index is -0.537. The largest absolute Gasteiger partial charge is 0.453 e. The fourth-order valence-electron chi connectivity index (χ4n) is 5.58. The molecule has 2 aromatic rings. The molecule has 0 aliphatic heterocycles. The number of hydrogen-bond donors (Lipinski definition) is 4. The van der Waals surface area contributed by atoms with Gasteiger partial charge in [-0.15, -0.1) is 0 Å². The smallest absolute Gasteiger partial charge is 0.411 e. The Bertz CT molecular complexity index is 1530. The molecule has 5 amide bonds. The maximum absolute atomic E-state index is 11.9.